The lowest BCUT2D eigenvalue weighted by Gasteiger charge is -2.18. The minimum absolute atomic E-state index is 0.0700. The summed E-state index contributed by atoms with van der Waals surface area (Å²) in [6.45, 7) is 2.53. The van der Waals surface area contributed by atoms with E-state index in [2.05, 4.69) is 15.0 Å². The molecule has 0 fully saturated rings. The lowest BCUT2D eigenvalue weighted by atomic mass is 10.2. The van der Waals surface area contributed by atoms with Gasteiger partial charge >= 0.3 is 0 Å². The maximum absolute atomic E-state index is 9.14. The van der Waals surface area contributed by atoms with Gasteiger partial charge in [-0.2, -0.15) is 0 Å². The van der Waals surface area contributed by atoms with Gasteiger partial charge in [-0.3, -0.25) is 4.98 Å². The first kappa shape index (κ1) is 12.4. The first-order valence-corrected chi connectivity index (χ1v) is 5.74. The zero-order valence-corrected chi connectivity index (χ0v) is 10.5. The normalized spacial score (nSPS) is 10.4. The molecule has 0 aliphatic carbocycles. The van der Waals surface area contributed by atoms with E-state index in [1.165, 1.54) is 0 Å². The Morgan fingerprint density at radius 3 is 2.61 bits per heavy atom. The Balaban J connectivity index is 2.18. The van der Waals surface area contributed by atoms with Crippen LogP contribution in [0.25, 0.3) is 0 Å². The largest absolute Gasteiger partial charge is 0.390 e. The van der Waals surface area contributed by atoms with Gasteiger partial charge in [-0.05, 0) is 30.7 Å². The Labute approximate surface area is 106 Å². The van der Waals surface area contributed by atoms with Crippen molar-refractivity contribution in [3.8, 4) is 0 Å². The molecule has 0 spiro atoms. The van der Waals surface area contributed by atoms with Crippen LogP contribution in [0, 0.1) is 6.92 Å². The fourth-order valence-corrected chi connectivity index (χ4v) is 1.70. The monoisotopic (exact) mass is 244 g/mol. The van der Waals surface area contributed by atoms with Gasteiger partial charge in [-0.15, -0.1) is 0 Å². The van der Waals surface area contributed by atoms with E-state index in [0.717, 1.165) is 11.3 Å². The van der Waals surface area contributed by atoms with Gasteiger partial charge in [0.25, 0.3) is 0 Å². The molecule has 18 heavy (non-hydrogen) atoms. The highest BCUT2D eigenvalue weighted by molar-refractivity contribution is 5.32. The van der Waals surface area contributed by atoms with E-state index in [1.54, 1.807) is 18.5 Å². The van der Waals surface area contributed by atoms with Crippen molar-refractivity contribution in [3.63, 3.8) is 0 Å². The molecule has 0 unspecified atom stereocenters. The van der Waals surface area contributed by atoms with Gasteiger partial charge in [0.15, 0.2) is 0 Å². The molecule has 2 heterocycles. The predicted molar refractivity (Wildman–Crippen MR) is 69.0 cm³/mol. The summed E-state index contributed by atoms with van der Waals surface area (Å²) in [6, 6.07) is 5.70. The fraction of sp³-hybridized carbons (Fsp3) is 0.308. The Hall–Kier alpha value is -2.01. The average Bonchev–Trinajstić information content (AvgIpc) is 2.39. The summed E-state index contributed by atoms with van der Waals surface area (Å²) in [7, 11) is 1.93. The van der Waals surface area contributed by atoms with E-state index in [4.69, 9.17) is 5.11 Å². The van der Waals surface area contributed by atoms with Crippen molar-refractivity contribution in [1.82, 2.24) is 15.0 Å². The van der Waals surface area contributed by atoms with Gasteiger partial charge in [-0.25, -0.2) is 9.97 Å². The molecule has 0 bridgehead atoms. The second kappa shape index (κ2) is 5.55. The van der Waals surface area contributed by atoms with Gasteiger partial charge in [0.2, 0.25) is 5.95 Å². The molecule has 0 saturated carbocycles. The Morgan fingerprint density at radius 2 is 1.94 bits per heavy atom. The summed E-state index contributed by atoms with van der Waals surface area (Å²) in [5.41, 5.74) is 2.63. The van der Waals surface area contributed by atoms with Crippen LogP contribution in [-0.4, -0.2) is 27.1 Å². The lowest BCUT2D eigenvalue weighted by Crippen LogP contribution is -2.20. The molecule has 0 amide bonds. The number of aliphatic hydroxyl groups excluding tert-OH is 1. The van der Waals surface area contributed by atoms with Crippen molar-refractivity contribution < 1.29 is 5.11 Å². The summed E-state index contributed by atoms with van der Waals surface area (Å²) in [6.07, 6.45) is 3.53. The molecule has 0 aliphatic rings. The first-order chi connectivity index (χ1) is 8.69. The molecule has 5 nitrogen and oxygen atoms in total. The van der Waals surface area contributed by atoms with Gasteiger partial charge < -0.3 is 10.0 Å². The number of aliphatic hydroxyl groups is 1. The van der Waals surface area contributed by atoms with E-state index < -0.39 is 0 Å². The SMILES string of the molecule is Cc1cc(CO)nc(N(C)Cc2ccncc2)n1. The highest BCUT2D eigenvalue weighted by Gasteiger charge is 2.07. The number of hydrogen-bond acceptors (Lipinski definition) is 5. The third-order valence-electron chi connectivity index (χ3n) is 2.57. The van der Waals surface area contributed by atoms with Crippen molar-refractivity contribution in [1.29, 1.82) is 0 Å². The van der Waals surface area contributed by atoms with Gasteiger partial charge in [0.1, 0.15) is 0 Å². The number of aromatic nitrogens is 3. The van der Waals surface area contributed by atoms with E-state index in [-0.39, 0.29) is 6.61 Å². The minimum Gasteiger partial charge on any atom is -0.390 e. The summed E-state index contributed by atoms with van der Waals surface area (Å²) in [4.78, 5) is 14.6. The molecule has 94 valence electrons. The molecule has 5 heteroatoms. The lowest BCUT2D eigenvalue weighted by molar-refractivity contribution is 0.276. The van der Waals surface area contributed by atoms with Crippen LogP contribution in [0.4, 0.5) is 5.95 Å². The van der Waals surface area contributed by atoms with Crippen LogP contribution in [0.15, 0.2) is 30.6 Å². The molecule has 2 rings (SSSR count). The number of aryl methyl sites for hydroxylation is 1. The number of pyridine rings is 1. The van der Waals surface area contributed by atoms with E-state index in [1.807, 2.05) is 31.0 Å². The van der Waals surface area contributed by atoms with Crippen molar-refractivity contribution in [2.24, 2.45) is 0 Å². The Morgan fingerprint density at radius 1 is 1.22 bits per heavy atom. The Kier molecular flexibility index (Phi) is 3.84. The van der Waals surface area contributed by atoms with Crippen molar-refractivity contribution in [3.05, 3.63) is 47.5 Å². The number of rotatable bonds is 4. The molecule has 2 aromatic rings. The Bertz CT molecular complexity index is 516. The van der Waals surface area contributed by atoms with Crippen LogP contribution >= 0.6 is 0 Å². The van der Waals surface area contributed by atoms with Crippen molar-refractivity contribution in [2.75, 3.05) is 11.9 Å². The molecule has 1 N–H and O–H groups in total. The molecule has 0 aliphatic heterocycles. The van der Waals surface area contributed by atoms with Crippen LogP contribution in [0.1, 0.15) is 17.0 Å². The smallest absolute Gasteiger partial charge is 0.225 e. The first-order valence-electron chi connectivity index (χ1n) is 5.74. The zero-order valence-electron chi connectivity index (χ0n) is 10.5. The summed E-state index contributed by atoms with van der Waals surface area (Å²) in [5, 5.41) is 9.14. The topological polar surface area (TPSA) is 62.1 Å². The van der Waals surface area contributed by atoms with Crippen LogP contribution in [-0.2, 0) is 13.2 Å². The fourth-order valence-electron chi connectivity index (χ4n) is 1.70. The number of anilines is 1. The van der Waals surface area contributed by atoms with E-state index in [0.29, 0.717) is 18.2 Å². The molecular weight excluding hydrogens is 228 g/mol. The molecule has 0 atom stereocenters. The number of hydrogen-bond donors (Lipinski definition) is 1. The summed E-state index contributed by atoms with van der Waals surface area (Å²) >= 11 is 0. The third kappa shape index (κ3) is 3.01. The van der Waals surface area contributed by atoms with Crippen LogP contribution in [0.3, 0.4) is 0 Å². The zero-order chi connectivity index (χ0) is 13.0. The summed E-state index contributed by atoms with van der Waals surface area (Å²) < 4.78 is 0. The second-order valence-corrected chi connectivity index (χ2v) is 4.17. The van der Waals surface area contributed by atoms with E-state index >= 15 is 0 Å². The maximum Gasteiger partial charge on any atom is 0.225 e. The van der Waals surface area contributed by atoms with Crippen LogP contribution in [0.2, 0.25) is 0 Å². The summed E-state index contributed by atoms with van der Waals surface area (Å²) in [5.74, 6) is 0.621. The molecule has 0 aromatic carbocycles. The van der Waals surface area contributed by atoms with Crippen LogP contribution < -0.4 is 4.90 Å². The maximum atomic E-state index is 9.14. The van der Waals surface area contributed by atoms with Crippen molar-refractivity contribution in [2.45, 2.75) is 20.1 Å². The van der Waals surface area contributed by atoms with Gasteiger partial charge in [0.05, 0.1) is 12.3 Å². The highest BCUT2D eigenvalue weighted by Crippen LogP contribution is 2.12. The van der Waals surface area contributed by atoms with Crippen molar-refractivity contribution >= 4 is 5.95 Å². The standard InChI is InChI=1S/C13H16N4O/c1-10-7-12(9-18)16-13(15-10)17(2)8-11-3-5-14-6-4-11/h3-7,18H,8-9H2,1-2H3. The van der Waals surface area contributed by atoms with Crippen LogP contribution in [0.5, 0.6) is 0 Å². The molecule has 0 radical (unpaired) electrons. The predicted octanol–water partition coefficient (Wildman–Crippen LogP) is 1.31. The molecular formula is C13H16N4O. The van der Waals surface area contributed by atoms with E-state index in [9.17, 15) is 0 Å². The number of nitrogens with zero attached hydrogens (tertiary/aromatic N) is 4. The quantitative estimate of drug-likeness (QED) is 0.878. The van der Waals surface area contributed by atoms with Gasteiger partial charge in [-0.1, -0.05) is 0 Å². The third-order valence-corrected chi connectivity index (χ3v) is 2.57. The minimum atomic E-state index is -0.0700. The highest BCUT2D eigenvalue weighted by atomic mass is 16.3. The average molecular weight is 244 g/mol. The second-order valence-electron chi connectivity index (χ2n) is 4.17. The van der Waals surface area contributed by atoms with Gasteiger partial charge in [0, 0.05) is 31.7 Å². The molecule has 2 aromatic heterocycles. The molecule has 0 saturated heterocycles.